The number of benzene rings is 1. The first-order valence-electron chi connectivity index (χ1n) is 6.29. The Morgan fingerprint density at radius 3 is 2.84 bits per heavy atom. The lowest BCUT2D eigenvalue weighted by molar-refractivity contribution is -0.142. The van der Waals surface area contributed by atoms with Crippen molar-refractivity contribution in [1.82, 2.24) is 4.90 Å². The Morgan fingerprint density at radius 1 is 1.53 bits per heavy atom. The van der Waals surface area contributed by atoms with Crippen LogP contribution < -0.4 is 4.74 Å². The highest BCUT2D eigenvalue weighted by Gasteiger charge is 2.34. The van der Waals surface area contributed by atoms with Gasteiger partial charge in [-0.15, -0.1) is 0 Å². The topological polar surface area (TPSA) is 49.8 Å². The van der Waals surface area contributed by atoms with E-state index in [1.807, 2.05) is 25.1 Å². The van der Waals surface area contributed by atoms with Gasteiger partial charge in [0.1, 0.15) is 5.75 Å². The van der Waals surface area contributed by atoms with Gasteiger partial charge in [-0.25, -0.2) is 0 Å². The molecule has 1 aliphatic rings. The van der Waals surface area contributed by atoms with E-state index in [9.17, 15) is 4.79 Å². The largest absolute Gasteiger partial charge is 0.496 e. The van der Waals surface area contributed by atoms with Crippen LogP contribution >= 0.6 is 15.9 Å². The highest BCUT2D eigenvalue weighted by Crippen LogP contribution is 2.29. The molecule has 19 heavy (non-hydrogen) atoms. The molecule has 2 unspecified atom stereocenters. The number of aliphatic carboxylic acids is 1. The van der Waals surface area contributed by atoms with Crippen LogP contribution in [0.2, 0.25) is 0 Å². The predicted octanol–water partition coefficient (Wildman–Crippen LogP) is 2.61. The molecule has 0 spiro atoms. The number of ether oxygens (including phenoxy) is 1. The minimum absolute atomic E-state index is 0.190. The molecule has 0 radical (unpaired) electrons. The molecule has 0 saturated carbocycles. The van der Waals surface area contributed by atoms with Crippen molar-refractivity contribution >= 4 is 21.9 Å². The maximum absolute atomic E-state index is 11.1. The van der Waals surface area contributed by atoms with Crippen LogP contribution in [0.3, 0.4) is 0 Å². The lowest BCUT2D eigenvalue weighted by Crippen LogP contribution is -2.23. The molecule has 0 bridgehead atoms. The Labute approximate surface area is 121 Å². The van der Waals surface area contributed by atoms with E-state index in [2.05, 4.69) is 20.8 Å². The molecule has 0 amide bonds. The molecule has 0 aromatic heterocycles. The average Bonchev–Trinajstić information content (AvgIpc) is 2.71. The third kappa shape index (κ3) is 3.28. The summed E-state index contributed by atoms with van der Waals surface area (Å²) in [5.74, 6) is 0.0691. The first kappa shape index (κ1) is 14.3. The average molecular weight is 328 g/mol. The van der Waals surface area contributed by atoms with Crippen molar-refractivity contribution in [3.8, 4) is 5.75 Å². The van der Waals surface area contributed by atoms with Gasteiger partial charge in [-0.1, -0.05) is 22.9 Å². The number of likely N-dealkylation sites (tertiary alicyclic amines) is 1. The summed E-state index contributed by atoms with van der Waals surface area (Å²) in [5.41, 5.74) is 1.08. The zero-order chi connectivity index (χ0) is 14.0. The number of nitrogens with zero attached hydrogens (tertiary/aromatic N) is 1. The Balaban J connectivity index is 2.10. The Bertz CT molecular complexity index is 478. The molecule has 1 heterocycles. The van der Waals surface area contributed by atoms with Crippen molar-refractivity contribution in [1.29, 1.82) is 0 Å². The van der Waals surface area contributed by atoms with E-state index in [-0.39, 0.29) is 11.8 Å². The lowest BCUT2D eigenvalue weighted by Gasteiger charge is -2.17. The van der Waals surface area contributed by atoms with Gasteiger partial charge in [0.2, 0.25) is 0 Å². The van der Waals surface area contributed by atoms with Crippen LogP contribution in [0.15, 0.2) is 22.7 Å². The third-order valence-corrected chi connectivity index (χ3v) is 4.13. The van der Waals surface area contributed by atoms with E-state index >= 15 is 0 Å². The number of halogens is 1. The quantitative estimate of drug-likeness (QED) is 0.923. The van der Waals surface area contributed by atoms with Crippen molar-refractivity contribution in [2.75, 3.05) is 20.2 Å². The molecule has 104 valence electrons. The minimum atomic E-state index is -0.698. The van der Waals surface area contributed by atoms with Gasteiger partial charge in [0.25, 0.3) is 0 Å². The molecule has 1 aromatic carbocycles. The van der Waals surface area contributed by atoms with Gasteiger partial charge in [0, 0.05) is 29.7 Å². The van der Waals surface area contributed by atoms with Crippen LogP contribution in [-0.2, 0) is 11.3 Å². The molecule has 1 aliphatic heterocycles. The second kappa shape index (κ2) is 5.92. The SMILES string of the molecule is COc1ccc(Br)cc1CN1CC(C)C(C(=O)O)C1. The molecule has 2 atom stereocenters. The molecule has 4 nitrogen and oxygen atoms in total. The fraction of sp³-hybridized carbons (Fsp3) is 0.500. The highest BCUT2D eigenvalue weighted by atomic mass is 79.9. The summed E-state index contributed by atoms with van der Waals surface area (Å²) < 4.78 is 6.35. The maximum atomic E-state index is 11.1. The molecule has 0 aliphatic carbocycles. The van der Waals surface area contributed by atoms with E-state index in [1.54, 1.807) is 7.11 Å². The standard InChI is InChI=1S/C14H18BrNO3/c1-9-6-16(8-12(9)14(17)18)7-10-5-11(15)3-4-13(10)19-2/h3-5,9,12H,6-8H2,1-2H3,(H,17,18). The molecule has 1 aromatic rings. The Morgan fingerprint density at radius 2 is 2.26 bits per heavy atom. The normalized spacial score (nSPS) is 23.5. The zero-order valence-corrected chi connectivity index (χ0v) is 12.7. The van der Waals surface area contributed by atoms with E-state index in [4.69, 9.17) is 9.84 Å². The Hall–Kier alpha value is -1.07. The van der Waals surface area contributed by atoms with Gasteiger partial charge in [-0.05, 0) is 24.1 Å². The predicted molar refractivity (Wildman–Crippen MR) is 76.3 cm³/mol. The summed E-state index contributed by atoms with van der Waals surface area (Å²) in [6, 6.07) is 5.89. The number of hydrogen-bond acceptors (Lipinski definition) is 3. The summed E-state index contributed by atoms with van der Waals surface area (Å²) in [6.45, 7) is 4.13. The third-order valence-electron chi connectivity index (χ3n) is 3.64. The number of rotatable bonds is 4. The van der Waals surface area contributed by atoms with Crippen molar-refractivity contribution in [3.63, 3.8) is 0 Å². The summed E-state index contributed by atoms with van der Waals surface area (Å²) >= 11 is 3.45. The van der Waals surface area contributed by atoms with Gasteiger partial charge in [0.15, 0.2) is 0 Å². The summed E-state index contributed by atoms with van der Waals surface area (Å²) in [5, 5.41) is 9.15. The Kier molecular flexibility index (Phi) is 4.47. The van der Waals surface area contributed by atoms with Crippen LogP contribution in [0, 0.1) is 11.8 Å². The highest BCUT2D eigenvalue weighted by molar-refractivity contribution is 9.10. The van der Waals surface area contributed by atoms with E-state index in [1.165, 1.54) is 0 Å². The van der Waals surface area contributed by atoms with Crippen LogP contribution in [-0.4, -0.2) is 36.2 Å². The summed E-state index contributed by atoms with van der Waals surface area (Å²) in [7, 11) is 1.65. The number of hydrogen-bond donors (Lipinski definition) is 1. The van der Waals surface area contributed by atoms with Gasteiger partial charge >= 0.3 is 5.97 Å². The number of carboxylic acid groups (broad SMARTS) is 1. The number of carbonyl (C=O) groups is 1. The van der Waals surface area contributed by atoms with Gasteiger partial charge < -0.3 is 9.84 Å². The van der Waals surface area contributed by atoms with E-state index in [0.29, 0.717) is 6.54 Å². The number of carboxylic acids is 1. The molecular weight excluding hydrogens is 310 g/mol. The molecular formula is C14H18BrNO3. The van der Waals surface area contributed by atoms with Crippen LogP contribution in [0.1, 0.15) is 12.5 Å². The molecule has 1 N–H and O–H groups in total. The minimum Gasteiger partial charge on any atom is -0.496 e. The van der Waals surface area contributed by atoms with Crippen molar-refractivity contribution in [2.45, 2.75) is 13.5 Å². The van der Waals surface area contributed by atoms with Crippen molar-refractivity contribution in [2.24, 2.45) is 11.8 Å². The monoisotopic (exact) mass is 327 g/mol. The zero-order valence-electron chi connectivity index (χ0n) is 11.1. The van der Waals surface area contributed by atoms with Crippen LogP contribution in [0.5, 0.6) is 5.75 Å². The summed E-state index contributed by atoms with van der Waals surface area (Å²) in [6.07, 6.45) is 0. The second-order valence-electron chi connectivity index (χ2n) is 5.07. The summed E-state index contributed by atoms with van der Waals surface area (Å²) in [4.78, 5) is 13.3. The van der Waals surface area contributed by atoms with E-state index < -0.39 is 5.97 Å². The van der Waals surface area contributed by atoms with Gasteiger partial charge in [-0.2, -0.15) is 0 Å². The van der Waals surface area contributed by atoms with Crippen LogP contribution in [0.4, 0.5) is 0 Å². The first-order valence-corrected chi connectivity index (χ1v) is 7.08. The molecule has 1 fully saturated rings. The van der Waals surface area contributed by atoms with Crippen molar-refractivity contribution in [3.05, 3.63) is 28.2 Å². The lowest BCUT2D eigenvalue weighted by atomic mass is 9.99. The van der Waals surface area contributed by atoms with Crippen molar-refractivity contribution < 1.29 is 14.6 Å². The van der Waals surface area contributed by atoms with Crippen LogP contribution in [0.25, 0.3) is 0 Å². The van der Waals surface area contributed by atoms with Gasteiger partial charge in [-0.3, -0.25) is 9.69 Å². The van der Waals surface area contributed by atoms with E-state index in [0.717, 1.165) is 28.9 Å². The number of methoxy groups -OCH3 is 1. The van der Waals surface area contributed by atoms with Gasteiger partial charge in [0.05, 0.1) is 13.0 Å². The molecule has 1 saturated heterocycles. The first-order chi connectivity index (χ1) is 9.01. The fourth-order valence-corrected chi connectivity index (χ4v) is 3.04. The molecule has 2 rings (SSSR count). The smallest absolute Gasteiger partial charge is 0.308 e. The molecule has 5 heteroatoms. The second-order valence-corrected chi connectivity index (χ2v) is 5.99. The maximum Gasteiger partial charge on any atom is 0.308 e. The fourth-order valence-electron chi connectivity index (χ4n) is 2.63.